The summed E-state index contributed by atoms with van der Waals surface area (Å²) in [5, 5.41) is 11.5. The predicted molar refractivity (Wildman–Crippen MR) is 80.3 cm³/mol. The summed E-state index contributed by atoms with van der Waals surface area (Å²) in [5.41, 5.74) is 2.14. The molecule has 0 radical (unpaired) electrons. The zero-order valence-corrected chi connectivity index (χ0v) is 12.5. The lowest BCUT2D eigenvalue weighted by Crippen LogP contribution is -2.17. The number of nitrogens with one attached hydrogen (secondary N) is 1. The predicted octanol–water partition coefficient (Wildman–Crippen LogP) is 3.43. The van der Waals surface area contributed by atoms with Crippen molar-refractivity contribution in [1.82, 2.24) is 14.9 Å². The molecule has 100 valence electrons. The van der Waals surface area contributed by atoms with Gasteiger partial charge in [-0.25, -0.2) is 0 Å². The van der Waals surface area contributed by atoms with E-state index in [0.29, 0.717) is 4.77 Å². The van der Waals surface area contributed by atoms with E-state index in [4.69, 9.17) is 12.2 Å². The second-order valence-electron chi connectivity index (χ2n) is 5.57. The Morgan fingerprint density at radius 1 is 1.37 bits per heavy atom. The van der Waals surface area contributed by atoms with E-state index >= 15 is 0 Å². The van der Waals surface area contributed by atoms with Gasteiger partial charge in [-0.1, -0.05) is 50.6 Å². The highest BCUT2D eigenvalue weighted by Crippen LogP contribution is 2.19. The number of rotatable bonds is 2. The van der Waals surface area contributed by atoms with E-state index in [1.54, 1.807) is 10.9 Å². The fourth-order valence-corrected chi connectivity index (χ4v) is 1.94. The van der Waals surface area contributed by atoms with Crippen LogP contribution in [0.5, 0.6) is 0 Å². The van der Waals surface area contributed by atoms with Gasteiger partial charge in [0.25, 0.3) is 0 Å². The molecule has 0 amide bonds. The first-order chi connectivity index (χ1) is 8.88. The molecule has 0 fully saturated rings. The quantitative estimate of drug-likeness (QED) is 0.673. The lowest BCUT2D eigenvalue weighted by atomic mass is 9.96. The lowest BCUT2D eigenvalue weighted by Gasteiger charge is -2.15. The van der Waals surface area contributed by atoms with E-state index in [1.165, 1.54) is 5.56 Å². The summed E-state index contributed by atoms with van der Waals surface area (Å²) in [4.78, 5) is 0. The molecule has 0 atom stereocenters. The minimum atomic E-state index is -0.114. The van der Waals surface area contributed by atoms with Crippen molar-refractivity contribution in [1.29, 1.82) is 0 Å². The molecule has 1 aromatic heterocycles. The van der Waals surface area contributed by atoms with Gasteiger partial charge in [-0.15, -0.1) is 0 Å². The van der Waals surface area contributed by atoms with Crippen LogP contribution >= 0.6 is 12.2 Å². The second kappa shape index (κ2) is 5.09. The molecule has 0 aliphatic heterocycles. The summed E-state index contributed by atoms with van der Waals surface area (Å²) >= 11 is 5.21. The number of aromatic amines is 1. The van der Waals surface area contributed by atoms with Gasteiger partial charge < -0.3 is 0 Å². The summed E-state index contributed by atoms with van der Waals surface area (Å²) in [5.74, 6) is 0.821. The smallest absolute Gasteiger partial charge is 0.216 e. The van der Waals surface area contributed by atoms with Crippen molar-refractivity contribution in [3.05, 3.63) is 46.0 Å². The van der Waals surface area contributed by atoms with Gasteiger partial charge in [0.2, 0.25) is 4.77 Å². The Hall–Kier alpha value is -1.75. The highest BCUT2D eigenvalue weighted by atomic mass is 32.1. The van der Waals surface area contributed by atoms with Crippen LogP contribution in [0.4, 0.5) is 0 Å². The van der Waals surface area contributed by atoms with Gasteiger partial charge in [0, 0.05) is 5.41 Å². The van der Waals surface area contributed by atoms with Crippen LogP contribution in [-0.4, -0.2) is 21.1 Å². The van der Waals surface area contributed by atoms with E-state index in [1.807, 2.05) is 12.1 Å². The second-order valence-corrected chi connectivity index (χ2v) is 5.96. The average molecular weight is 274 g/mol. The van der Waals surface area contributed by atoms with Crippen LogP contribution in [0.2, 0.25) is 0 Å². The highest BCUT2D eigenvalue weighted by molar-refractivity contribution is 7.71. The third-order valence-corrected chi connectivity index (χ3v) is 2.95. The maximum Gasteiger partial charge on any atom is 0.216 e. The number of hydrogen-bond acceptors (Lipinski definition) is 3. The van der Waals surface area contributed by atoms with Crippen molar-refractivity contribution in [3.8, 4) is 0 Å². The highest BCUT2D eigenvalue weighted by Gasteiger charge is 2.21. The Kier molecular flexibility index (Phi) is 3.66. The van der Waals surface area contributed by atoms with E-state index in [2.05, 4.69) is 55.1 Å². The maximum atomic E-state index is 5.21. The van der Waals surface area contributed by atoms with Gasteiger partial charge in [-0.05, 0) is 24.7 Å². The Bertz CT molecular complexity index is 659. The van der Waals surface area contributed by atoms with E-state index < -0.39 is 0 Å². The number of benzene rings is 1. The third-order valence-electron chi connectivity index (χ3n) is 2.69. The van der Waals surface area contributed by atoms with E-state index in [-0.39, 0.29) is 5.41 Å². The van der Waals surface area contributed by atoms with Crippen LogP contribution in [-0.2, 0) is 5.41 Å². The molecule has 0 aliphatic rings. The first kappa shape index (κ1) is 13.7. The van der Waals surface area contributed by atoms with Crippen LogP contribution < -0.4 is 0 Å². The van der Waals surface area contributed by atoms with E-state index in [9.17, 15) is 0 Å². The molecule has 2 rings (SSSR count). The Morgan fingerprint density at radius 2 is 2.11 bits per heavy atom. The Morgan fingerprint density at radius 3 is 2.74 bits per heavy atom. The molecule has 0 saturated carbocycles. The van der Waals surface area contributed by atoms with Crippen LogP contribution in [0.1, 0.15) is 37.7 Å². The van der Waals surface area contributed by atoms with Crippen LogP contribution in [0.3, 0.4) is 0 Å². The summed E-state index contributed by atoms with van der Waals surface area (Å²) in [6, 6.07) is 8.15. The molecule has 2 aromatic rings. The number of nitrogens with zero attached hydrogens (tertiary/aromatic N) is 3. The van der Waals surface area contributed by atoms with Crippen molar-refractivity contribution < 1.29 is 0 Å². The zero-order chi connectivity index (χ0) is 14.0. The first-order valence-corrected chi connectivity index (χ1v) is 6.58. The normalized spacial score (nSPS) is 12.2. The molecular formula is C14H18N4S. The molecule has 0 bridgehead atoms. The molecule has 19 heavy (non-hydrogen) atoms. The van der Waals surface area contributed by atoms with Gasteiger partial charge >= 0.3 is 0 Å². The monoisotopic (exact) mass is 274 g/mol. The molecule has 0 unspecified atom stereocenters. The van der Waals surface area contributed by atoms with Gasteiger partial charge in [-0.3, -0.25) is 5.10 Å². The standard InChI is InChI=1S/C14H18N4S/c1-10-6-5-7-11(8-10)9-15-18-12(14(2,3)4)16-17-13(18)19/h5-9H,1-4H3,(H,17,19)/b15-9-. The number of aryl methyl sites for hydroxylation is 1. The van der Waals surface area contributed by atoms with Crippen molar-refractivity contribution >= 4 is 18.4 Å². The molecule has 1 heterocycles. The minimum Gasteiger partial charge on any atom is -0.250 e. The van der Waals surface area contributed by atoms with Gasteiger partial charge in [-0.2, -0.15) is 14.9 Å². The SMILES string of the molecule is Cc1cccc(/C=N\n2c(C(C)(C)C)n[nH]c2=S)c1. The average Bonchev–Trinajstić information content (AvgIpc) is 2.68. The maximum absolute atomic E-state index is 5.21. The van der Waals surface area contributed by atoms with Gasteiger partial charge in [0.05, 0.1) is 6.21 Å². The topological polar surface area (TPSA) is 46.0 Å². The number of hydrogen-bond donors (Lipinski definition) is 1. The largest absolute Gasteiger partial charge is 0.250 e. The summed E-state index contributed by atoms with van der Waals surface area (Å²) < 4.78 is 2.19. The molecule has 5 heteroatoms. The van der Waals surface area contributed by atoms with Crippen molar-refractivity contribution in [2.24, 2.45) is 5.10 Å². The third kappa shape index (κ3) is 3.17. The van der Waals surface area contributed by atoms with Crippen LogP contribution in [0, 0.1) is 11.7 Å². The van der Waals surface area contributed by atoms with E-state index in [0.717, 1.165) is 11.4 Å². The van der Waals surface area contributed by atoms with Crippen molar-refractivity contribution in [2.75, 3.05) is 0 Å². The summed E-state index contributed by atoms with van der Waals surface area (Å²) in [6.45, 7) is 8.30. The fourth-order valence-electron chi connectivity index (χ4n) is 1.76. The number of aromatic nitrogens is 3. The molecule has 0 aliphatic carbocycles. The van der Waals surface area contributed by atoms with Crippen LogP contribution in [0.25, 0.3) is 0 Å². The zero-order valence-electron chi connectivity index (χ0n) is 11.6. The van der Waals surface area contributed by atoms with Gasteiger partial charge in [0.15, 0.2) is 5.82 Å². The van der Waals surface area contributed by atoms with Crippen molar-refractivity contribution in [3.63, 3.8) is 0 Å². The van der Waals surface area contributed by atoms with Crippen molar-refractivity contribution in [2.45, 2.75) is 33.1 Å². The molecule has 0 saturated heterocycles. The summed E-state index contributed by atoms with van der Waals surface area (Å²) in [7, 11) is 0. The molecular weight excluding hydrogens is 256 g/mol. The molecule has 1 N–H and O–H groups in total. The lowest BCUT2D eigenvalue weighted by molar-refractivity contribution is 0.516. The van der Waals surface area contributed by atoms with Crippen LogP contribution in [0.15, 0.2) is 29.4 Å². The fraction of sp³-hybridized carbons (Fsp3) is 0.357. The summed E-state index contributed by atoms with van der Waals surface area (Å²) in [6.07, 6.45) is 1.80. The first-order valence-electron chi connectivity index (χ1n) is 6.17. The Labute approximate surface area is 118 Å². The Balaban J connectivity index is 2.39. The molecule has 0 spiro atoms. The molecule has 4 nitrogen and oxygen atoms in total. The van der Waals surface area contributed by atoms with Gasteiger partial charge in [0.1, 0.15) is 0 Å². The number of H-pyrrole nitrogens is 1. The molecule has 1 aromatic carbocycles. The minimum absolute atomic E-state index is 0.114.